The summed E-state index contributed by atoms with van der Waals surface area (Å²) in [7, 11) is 4.66. The number of amides is 1. The number of hydrazone groups is 1. The Hall–Kier alpha value is -2.24. The summed E-state index contributed by atoms with van der Waals surface area (Å²) in [5.41, 5.74) is 3.30. The van der Waals surface area contributed by atoms with Gasteiger partial charge < -0.3 is 14.2 Å². The first kappa shape index (κ1) is 20.8. The zero-order chi connectivity index (χ0) is 18.5. The number of unbranched alkanes of at least 4 members (excludes halogenated alkanes) is 5. The number of methoxy groups -OCH3 is 3. The summed E-state index contributed by atoms with van der Waals surface area (Å²) in [4.78, 5) is 11.8. The Morgan fingerprint density at radius 1 is 1.00 bits per heavy atom. The molecule has 140 valence electrons. The molecule has 25 heavy (non-hydrogen) atoms. The lowest BCUT2D eigenvalue weighted by Crippen LogP contribution is -2.16. The molecule has 0 saturated carbocycles. The largest absolute Gasteiger partial charge is 0.493 e. The van der Waals surface area contributed by atoms with Crippen LogP contribution in [0.2, 0.25) is 0 Å². The van der Waals surface area contributed by atoms with E-state index in [1.807, 2.05) is 0 Å². The molecule has 6 nitrogen and oxygen atoms in total. The van der Waals surface area contributed by atoms with Crippen LogP contribution < -0.4 is 19.6 Å². The monoisotopic (exact) mass is 350 g/mol. The van der Waals surface area contributed by atoms with Gasteiger partial charge in [0.15, 0.2) is 11.5 Å². The highest BCUT2D eigenvalue weighted by Crippen LogP contribution is 2.37. The fourth-order valence-corrected chi connectivity index (χ4v) is 2.48. The molecule has 0 heterocycles. The molecule has 0 unspecified atom stereocenters. The van der Waals surface area contributed by atoms with E-state index in [2.05, 4.69) is 17.5 Å². The van der Waals surface area contributed by atoms with Gasteiger partial charge in [0.05, 0.1) is 27.5 Å². The van der Waals surface area contributed by atoms with Crippen molar-refractivity contribution in [3.8, 4) is 17.2 Å². The van der Waals surface area contributed by atoms with Gasteiger partial charge in [-0.05, 0) is 18.6 Å². The average Bonchev–Trinajstić information content (AvgIpc) is 2.63. The van der Waals surface area contributed by atoms with Gasteiger partial charge in [-0.25, -0.2) is 5.43 Å². The Labute approximate surface area is 150 Å². The first-order chi connectivity index (χ1) is 12.2. The van der Waals surface area contributed by atoms with E-state index >= 15 is 0 Å². The Morgan fingerprint density at radius 2 is 1.60 bits per heavy atom. The van der Waals surface area contributed by atoms with Crippen molar-refractivity contribution in [2.75, 3.05) is 21.3 Å². The Balaban J connectivity index is 2.49. The molecule has 0 atom stereocenters. The van der Waals surface area contributed by atoms with E-state index in [1.165, 1.54) is 25.7 Å². The lowest BCUT2D eigenvalue weighted by Gasteiger charge is -2.12. The molecule has 1 amide bonds. The summed E-state index contributed by atoms with van der Waals surface area (Å²) < 4.78 is 15.8. The normalized spacial score (nSPS) is 10.7. The third kappa shape index (κ3) is 7.45. The first-order valence-electron chi connectivity index (χ1n) is 8.78. The van der Waals surface area contributed by atoms with E-state index in [-0.39, 0.29) is 5.91 Å². The van der Waals surface area contributed by atoms with E-state index in [1.54, 1.807) is 39.7 Å². The lowest BCUT2D eigenvalue weighted by atomic mass is 10.1. The van der Waals surface area contributed by atoms with E-state index in [4.69, 9.17) is 14.2 Å². The third-order valence-electron chi connectivity index (χ3n) is 3.85. The molecule has 0 fully saturated rings. The molecule has 0 aliphatic rings. The highest BCUT2D eigenvalue weighted by atomic mass is 16.5. The van der Waals surface area contributed by atoms with Crippen molar-refractivity contribution in [3.05, 3.63) is 17.7 Å². The number of nitrogens with one attached hydrogen (secondary N) is 1. The SMILES string of the molecule is CCCCCCCCC(=O)NN=Cc1cc(OC)c(OC)c(OC)c1. The molecule has 0 bridgehead atoms. The molecule has 1 aromatic carbocycles. The van der Waals surface area contributed by atoms with Gasteiger partial charge in [0.1, 0.15) is 0 Å². The van der Waals surface area contributed by atoms with Crippen molar-refractivity contribution in [1.82, 2.24) is 5.43 Å². The van der Waals surface area contributed by atoms with Crippen LogP contribution in [0.25, 0.3) is 0 Å². The van der Waals surface area contributed by atoms with Gasteiger partial charge in [-0.3, -0.25) is 4.79 Å². The van der Waals surface area contributed by atoms with Gasteiger partial charge in [0.25, 0.3) is 0 Å². The maximum atomic E-state index is 11.8. The molecule has 0 aliphatic heterocycles. The average molecular weight is 350 g/mol. The van der Waals surface area contributed by atoms with Crippen LogP contribution >= 0.6 is 0 Å². The summed E-state index contributed by atoms with van der Waals surface area (Å²) >= 11 is 0. The van der Waals surface area contributed by atoms with E-state index < -0.39 is 0 Å². The van der Waals surface area contributed by atoms with Crippen LogP contribution in [0.3, 0.4) is 0 Å². The summed E-state index contributed by atoms with van der Waals surface area (Å²) in [5.74, 6) is 1.54. The molecule has 0 saturated heterocycles. The van der Waals surface area contributed by atoms with Crippen LogP contribution in [0.1, 0.15) is 57.4 Å². The molecule has 1 N–H and O–H groups in total. The Morgan fingerprint density at radius 3 is 2.16 bits per heavy atom. The molecule has 0 radical (unpaired) electrons. The van der Waals surface area contributed by atoms with Crippen molar-refractivity contribution in [2.45, 2.75) is 51.9 Å². The second kappa shape index (κ2) is 12.2. The Bertz CT molecular complexity index is 533. The molecule has 0 spiro atoms. The fourth-order valence-electron chi connectivity index (χ4n) is 2.48. The number of ether oxygens (including phenoxy) is 3. The number of benzene rings is 1. The second-order valence-corrected chi connectivity index (χ2v) is 5.77. The van der Waals surface area contributed by atoms with Gasteiger partial charge in [-0.2, -0.15) is 5.10 Å². The van der Waals surface area contributed by atoms with Gasteiger partial charge in [0, 0.05) is 12.0 Å². The van der Waals surface area contributed by atoms with Gasteiger partial charge >= 0.3 is 0 Å². The highest BCUT2D eigenvalue weighted by molar-refractivity contribution is 5.84. The number of nitrogens with zero attached hydrogens (tertiary/aromatic N) is 1. The zero-order valence-corrected chi connectivity index (χ0v) is 15.8. The maximum absolute atomic E-state index is 11.8. The summed E-state index contributed by atoms with van der Waals surface area (Å²) in [5, 5.41) is 4.00. The highest BCUT2D eigenvalue weighted by Gasteiger charge is 2.12. The predicted molar refractivity (Wildman–Crippen MR) is 99.8 cm³/mol. The van der Waals surface area contributed by atoms with Crippen molar-refractivity contribution in [2.24, 2.45) is 5.10 Å². The zero-order valence-electron chi connectivity index (χ0n) is 15.8. The van der Waals surface area contributed by atoms with Crippen LogP contribution in [-0.4, -0.2) is 33.5 Å². The van der Waals surface area contributed by atoms with E-state index in [0.717, 1.165) is 18.4 Å². The maximum Gasteiger partial charge on any atom is 0.240 e. The molecule has 1 aromatic rings. The summed E-state index contributed by atoms with van der Waals surface area (Å²) in [6.07, 6.45) is 8.98. The van der Waals surface area contributed by atoms with Crippen LogP contribution in [0.4, 0.5) is 0 Å². The molecular weight excluding hydrogens is 320 g/mol. The Kier molecular flexibility index (Phi) is 10.1. The second-order valence-electron chi connectivity index (χ2n) is 5.77. The minimum atomic E-state index is -0.0702. The number of carbonyl (C=O) groups excluding carboxylic acids is 1. The summed E-state index contributed by atoms with van der Waals surface area (Å²) in [6, 6.07) is 3.54. The molecule has 0 aliphatic carbocycles. The van der Waals surface area contributed by atoms with Crippen molar-refractivity contribution >= 4 is 12.1 Å². The quantitative estimate of drug-likeness (QED) is 0.352. The summed E-state index contributed by atoms with van der Waals surface area (Å²) in [6.45, 7) is 2.19. The predicted octanol–water partition coefficient (Wildman–Crippen LogP) is 3.91. The van der Waals surface area contributed by atoms with Gasteiger partial charge in [-0.1, -0.05) is 39.0 Å². The molecule has 0 aromatic heterocycles. The molecular formula is C19H30N2O4. The van der Waals surface area contributed by atoms with Crippen molar-refractivity contribution in [3.63, 3.8) is 0 Å². The minimum absolute atomic E-state index is 0.0702. The number of hydrogen-bond acceptors (Lipinski definition) is 5. The number of rotatable bonds is 12. The van der Waals surface area contributed by atoms with Crippen molar-refractivity contribution in [1.29, 1.82) is 0 Å². The van der Waals surface area contributed by atoms with E-state index in [0.29, 0.717) is 23.7 Å². The van der Waals surface area contributed by atoms with Crippen LogP contribution in [0.15, 0.2) is 17.2 Å². The number of carbonyl (C=O) groups is 1. The van der Waals surface area contributed by atoms with Crippen LogP contribution in [-0.2, 0) is 4.79 Å². The van der Waals surface area contributed by atoms with Crippen LogP contribution in [0.5, 0.6) is 17.2 Å². The van der Waals surface area contributed by atoms with Gasteiger partial charge in [0.2, 0.25) is 11.7 Å². The third-order valence-corrected chi connectivity index (χ3v) is 3.85. The topological polar surface area (TPSA) is 69.2 Å². The molecule has 1 rings (SSSR count). The first-order valence-corrected chi connectivity index (χ1v) is 8.78. The van der Waals surface area contributed by atoms with E-state index in [9.17, 15) is 4.79 Å². The van der Waals surface area contributed by atoms with Crippen LogP contribution in [0, 0.1) is 0 Å². The minimum Gasteiger partial charge on any atom is -0.493 e. The van der Waals surface area contributed by atoms with Gasteiger partial charge in [-0.15, -0.1) is 0 Å². The molecule has 6 heteroatoms. The lowest BCUT2D eigenvalue weighted by molar-refractivity contribution is -0.121. The van der Waals surface area contributed by atoms with Crippen molar-refractivity contribution < 1.29 is 19.0 Å². The number of hydrogen-bond donors (Lipinski definition) is 1. The fraction of sp³-hybridized carbons (Fsp3) is 0.579. The standard InChI is InChI=1S/C19H30N2O4/c1-5-6-7-8-9-10-11-18(22)21-20-14-15-12-16(23-2)19(25-4)17(13-15)24-3/h12-14H,5-11H2,1-4H3,(H,21,22). The smallest absolute Gasteiger partial charge is 0.240 e.